The average Bonchev–Trinajstić information content (AvgIpc) is 2.70. The number of hydrogen-bond donors (Lipinski definition) is 1. The van der Waals surface area contributed by atoms with Crippen molar-refractivity contribution in [1.29, 1.82) is 0 Å². The molecule has 1 N–H and O–H groups in total. The quantitative estimate of drug-likeness (QED) is 0.861. The minimum Gasteiger partial charge on any atom is -0.385 e. The Hall–Kier alpha value is -1.52. The largest absolute Gasteiger partial charge is 0.385 e. The third-order valence-electron chi connectivity index (χ3n) is 5.14. The molecular weight excluding hydrogens is 250 g/mol. The van der Waals surface area contributed by atoms with Crippen molar-refractivity contribution in [3.05, 3.63) is 36.2 Å². The van der Waals surface area contributed by atoms with Crippen LogP contribution in [-0.4, -0.2) is 39.1 Å². The third-order valence-corrected chi connectivity index (χ3v) is 5.14. The molecule has 4 heteroatoms. The Bertz CT molecular complexity index is 643. The Kier molecular flexibility index (Phi) is 2.59. The van der Waals surface area contributed by atoms with Crippen LogP contribution in [0.15, 0.2) is 30.6 Å². The minimum absolute atomic E-state index is 0.510. The standard InChI is InChI=1S/C16H19N3O/c1-19-12-3-4-13(19)10-16(20,9-12)11-2-5-14-15(8-11)18-7-6-17-14/h2,5-8,12-13,20H,3-4,9-10H2,1H3. The van der Waals surface area contributed by atoms with E-state index in [9.17, 15) is 5.11 Å². The number of benzene rings is 1. The molecule has 0 aliphatic carbocycles. The van der Waals surface area contributed by atoms with E-state index in [1.807, 2.05) is 18.2 Å². The van der Waals surface area contributed by atoms with Gasteiger partial charge in [0.2, 0.25) is 0 Å². The number of piperidine rings is 1. The third kappa shape index (κ3) is 1.75. The molecule has 2 saturated heterocycles. The van der Waals surface area contributed by atoms with Crippen molar-refractivity contribution >= 4 is 11.0 Å². The van der Waals surface area contributed by atoms with E-state index in [4.69, 9.17) is 0 Å². The van der Waals surface area contributed by atoms with Gasteiger partial charge in [0.1, 0.15) is 0 Å². The van der Waals surface area contributed by atoms with Gasteiger partial charge in [-0.2, -0.15) is 0 Å². The summed E-state index contributed by atoms with van der Waals surface area (Å²) in [7, 11) is 2.19. The van der Waals surface area contributed by atoms with Crippen molar-refractivity contribution in [1.82, 2.24) is 14.9 Å². The van der Waals surface area contributed by atoms with E-state index in [1.165, 1.54) is 12.8 Å². The molecule has 2 unspecified atom stereocenters. The molecule has 2 aromatic rings. The summed E-state index contributed by atoms with van der Waals surface area (Å²) in [6, 6.07) is 7.01. The SMILES string of the molecule is CN1C2CCC1CC(O)(c1ccc3nccnc3c1)C2. The fraction of sp³-hybridized carbons (Fsp3) is 0.500. The van der Waals surface area contributed by atoms with Gasteiger partial charge >= 0.3 is 0 Å². The van der Waals surface area contributed by atoms with Crippen LogP contribution in [-0.2, 0) is 5.60 Å². The molecule has 2 bridgehead atoms. The van der Waals surface area contributed by atoms with Crippen LogP contribution < -0.4 is 0 Å². The Morgan fingerprint density at radius 2 is 1.75 bits per heavy atom. The number of fused-ring (bicyclic) bond motifs is 3. The fourth-order valence-electron chi connectivity index (χ4n) is 3.93. The molecule has 4 rings (SSSR count). The lowest BCUT2D eigenvalue weighted by molar-refractivity contribution is -0.0492. The van der Waals surface area contributed by atoms with Crippen molar-refractivity contribution in [3.63, 3.8) is 0 Å². The van der Waals surface area contributed by atoms with Crippen molar-refractivity contribution < 1.29 is 5.11 Å². The van der Waals surface area contributed by atoms with Crippen LogP contribution in [0.2, 0.25) is 0 Å². The molecule has 0 amide bonds. The van der Waals surface area contributed by atoms with Gasteiger partial charge in [-0.15, -0.1) is 0 Å². The molecule has 3 heterocycles. The molecule has 1 aromatic heterocycles. The van der Waals surface area contributed by atoms with Gasteiger partial charge in [-0.05, 0) is 50.4 Å². The lowest BCUT2D eigenvalue weighted by atomic mass is 9.80. The topological polar surface area (TPSA) is 49.2 Å². The molecule has 2 atom stereocenters. The first-order valence-electron chi connectivity index (χ1n) is 7.31. The maximum absolute atomic E-state index is 11.1. The molecule has 4 nitrogen and oxygen atoms in total. The van der Waals surface area contributed by atoms with Gasteiger partial charge in [0.15, 0.2) is 0 Å². The highest BCUT2D eigenvalue weighted by Gasteiger charge is 2.46. The van der Waals surface area contributed by atoms with Crippen LogP contribution in [0.5, 0.6) is 0 Å². The minimum atomic E-state index is -0.704. The second-order valence-electron chi connectivity index (χ2n) is 6.25. The normalized spacial score (nSPS) is 33.7. The first-order valence-corrected chi connectivity index (χ1v) is 7.31. The summed E-state index contributed by atoms with van der Waals surface area (Å²) in [5.41, 5.74) is 2.04. The van der Waals surface area contributed by atoms with Gasteiger partial charge in [-0.1, -0.05) is 6.07 Å². The maximum Gasteiger partial charge on any atom is 0.0927 e. The second-order valence-corrected chi connectivity index (χ2v) is 6.25. The summed E-state index contributed by atoms with van der Waals surface area (Å²) >= 11 is 0. The van der Waals surface area contributed by atoms with Gasteiger partial charge < -0.3 is 10.0 Å². The fourth-order valence-corrected chi connectivity index (χ4v) is 3.93. The van der Waals surface area contributed by atoms with Crippen LogP contribution in [0.4, 0.5) is 0 Å². The predicted octanol–water partition coefficient (Wildman–Crippen LogP) is 2.07. The van der Waals surface area contributed by atoms with Crippen LogP contribution in [0.25, 0.3) is 11.0 Å². The Morgan fingerprint density at radius 3 is 2.45 bits per heavy atom. The molecule has 2 fully saturated rings. The van der Waals surface area contributed by atoms with Gasteiger partial charge in [-0.3, -0.25) is 9.97 Å². The highest BCUT2D eigenvalue weighted by molar-refractivity contribution is 5.74. The molecule has 1 aromatic carbocycles. The monoisotopic (exact) mass is 269 g/mol. The highest BCUT2D eigenvalue weighted by Crippen LogP contribution is 2.45. The van der Waals surface area contributed by atoms with E-state index < -0.39 is 5.60 Å². The zero-order valence-electron chi connectivity index (χ0n) is 11.7. The first kappa shape index (κ1) is 12.2. The summed E-state index contributed by atoms with van der Waals surface area (Å²) in [6.07, 6.45) is 7.46. The van der Waals surface area contributed by atoms with Crippen molar-refractivity contribution in [3.8, 4) is 0 Å². The van der Waals surface area contributed by atoms with Crippen LogP contribution in [0.1, 0.15) is 31.2 Å². The Morgan fingerprint density at radius 1 is 1.10 bits per heavy atom. The molecule has 0 saturated carbocycles. The second kappa shape index (κ2) is 4.24. The smallest absolute Gasteiger partial charge is 0.0927 e. The number of hydrogen-bond acceptors (Lipinski definition) is 4. The molecule has 0 radical (unpaired) electrons. The summed E-state index contributed by atoms with van der Waals surface area (Å²) in [5.74, 6) is 0. The molecule has 2 aliphatic rings. The van der Waals surface area contributed by atoms with Gasteiger partial charge in [-0.25, -0.2) is 0 Å². The van der Waals surface area contributed by atoms with Crippen molar-refractivity contribution in [2.75, 3.05) is 7.05 Å². The van der Waals surface area contributed by atoms with E-state index in [0.717, 1.165) is 29.4 Å². The van der Waals surface area contributed by atoms with Gasteiger partial charge in [0, 0.05) is 24.5 Å². The van der Waals surface area contributed by atoms with E-state index in [2.05, 4.69) is 21.9 Å². The highest BCUT2D eigenvalue weighted by atomic mass is 16.3. The maximum atomic E-state index is 11.1. The molecule has 20 heavy (non-hydrogen) atoms. The molecule has 2 aliphatic heterocycles. The molecule has 0 spiro atoms. The number of rotatable bonds is 1. The number of aliphatic hydroxyl groups is 1. The van der Waals surface area contributed by atoms with Gasteiger partial charge in [0.25, 0.3) is 0 Å². The predicted molar refractivity (Wildman–Crippen MR) is 77.2 cm³/mol. The summed E-state index contributed by atoms with van der Waals surface area (Å²) in [5, 5.41) is 11.1. The van der Waals surface area contributed by atoms with Crippen molar-refractivity contribution in [2.24, 2.45) is 0 Å². The summed E-state index contributed by atoms with van der Waals surface area (Å²) in [6.45, 7) is 0. The Labute approximate surface area is 118 Å². The van der Waals surface area contributed by atoms with Crippen LogP contribution in [0, 0.1) is 0 Å². The average molecular weight is 269 g/mol. The van der Waals surface area contributed by atoms with Crippen molar-refractivity contribution in [2.45, 2.75) is 43.4 Å². The van der Waals surface area contributed by atoms with E-state index in [1.54, 1.807) is 12.4 Å². The molecular formula is C16H19N3O. The lowest BCUT2D eigenvalue weighted by Crippen LogP contribution is -2.47. The molecule has 104 valence electrons. The lowest BCUT2D eigenvalue weighted by Gasteiger charge is -2.42. The van der Waals surface area contributed by atoms with E-state index in [-0.39, 0.29) is 0 Å². The summed E-state index contributed by atoms with van der Waals surface area (Å²) in [4.78, 5) is 11.1. The van der Waals surface area contributed by atoms with Crippen LogP contribution in [0.3, 0.4) is 0 Å². The first-order chi connectivity index (χ1) is 9.66. The number of aromatic nitrogens is 2. The summed E-state index contributed by atoms with van der Waals surface area (Å²) < 4.78 is 0. The van der Waals surface area contributed by atoms with E-state index in [0.29, 0.717) is 12.1 Å². The van der Waals surface area contributed by atoms with Crippen LogP contribution >= 0.6 is 0 Å². The number of nitrogens with zero attached hydrogens (tertiary/aromatic N) is 3. The zero-order valence-corrected chi connectivity index (χ0v) is 11.7. The van der Waals surface area contributed by atoms with E-state index >= 15 is 0 Å². The Balaban J connectivity index is 1.75. The van der Waals surface area contributed by atoms with Gasteiger partial charge in [0.05, 0.1) is 16.6 Å². The zero-order chi connectivity index (χ0) is 13.7.